The molecule has 0 bridgehead atoms. The fourth-order valence-corrected chi connectivity index (χ4v) is 4.55. The summed E-state index contributed by atoms with van der Waals surface area (Å²) in [6.07, 6.45) is 1.87. The predicted octanol–water partition coefficient (Wildman–Crippen LogP) is 4.04. The molecule has 1 saturated carbocycles. The Bertz CT molecular complexity index is 1550. The third-order valence-corrected chi connectivity index (χ3v) is 6.52. The number of hydrogen-bond acceptors (Lipinski definition) is 7. The summed E-state index contributed by atoms with van der Waals surface area (Å²) < 4.78 is 62.3. The Morgan fingerprint density at radius 1 is 1.14 bits per heavy atom. The largest absolute Gasteiger partial charge is 0.416 e. The maximum Gasteiger partial charge on any atom is 0.416 e. The number of morpholine rings is 1. The summed E-state index contributed by atoms with van der Waals surface area (Å²) in [7, 11) is 0. The SMILES string of the molecule is C[C@@H]1CN(c2nc(-c3ccc(C(F)(F)F)cc3F)c3cn[nH]c(=O)c3n2)C[C@H](c2cnn(C3CC3)c2)O1. The van der Waals surface area contributed by atoms with Crippen LogP contribution in [-0.2, 0) is 10.9 Å². The Labute approximate surface area is 207 Å². The fourth-order valence-electron chi connectivity index (χ4n) is 4.55. The van der Waals surface area contributed by atoms with Gasteiger partial charge in [0, 0.05) is 23.9 Å². The summed E-state index contributed by atoms with van der Waals surface area (Å²) >= 11 is 0. The van der Waals surface area contributed by atoms with E-state index in [-0.39, 0.29) is 40.3 Å². The van der Waals surface area contributed by atoms with Crippen molar-refractivity contribution in [3.05, 3.63) is 64.1 Å². The van der Waals surface area contributed by atoms with Crippen molar-refractivity contribution in [1.82, 2.24) is 29.9 Å². The smallest absolute Gasteiger partial charge is 0.367 e. The molecule has 2 fully saturated rings. The number of ether oxygens (including phenoxy) is 1. The molecule has 37 heavy (non-hydrogen) atoms. The van der Waals surface area contributed by atoms with Crippen molar-refractivity contribution in [2.24, 2.45) is 0 Å². The number of H-pyrrole nitrogens is 1. The van der Waals surface area contributed by atoms with Crippen LogP contribution >= 0.6 is 0 Å². The average molecular weight is 515 g/mol. The van der Waals surface area contributed by atoms with Crippen molar-refractivity contribution in [2.45, 2.75) is 44.2 Å². The maximum atomic E-state index is 15.0. The van der Waals surface area contributed by atoms with Gasteiger partial charge >= 0.3 is 6.18 Å². The van der Waals surface area contributed by atoms with E-state index in [1.807, 2.05) is 22.7 Å². The molecule has 6 rings (SSSR count). The lowest BCUT2D eigenvalue weighted by Gasteiger charge is -2.36. The van der Waals surface area contributed by atoms with Gasteiger partial charge in [-0.3, -0.25) is 9.48 Å². The van der Waals surface area contributed by atoms with Crippen LogP contribution in [0.15, 0.2) is 41.6 Å². The van der Waals surface area contributed by atoms with E-state index in [0.717, 1.165) is 30.5 Å². The molecule has 1 aliphatic carbocycles. The van der Waals surface area contributed by atoms with Crippen molar-refractivity contribution < 1.29 is 22.3 Å². The van der Waals surface area contributed by atoms with E-state index in [0.29, 0.717) is 25.2 Å². The number of fused-ring (bicyclic) bond motifs is 1. The maximum absolute atomic E-state index is 15.0. The average Bonchev–Trinajstić information content (AvgIpc) is 3.59. The van der Waals surface area contributed by atoms with Crippen LogP contribution in [0.1, 0.15) is 43.0 Å². The molecule has 4 heterocycles. The van der Waals surface area contributed by atoms with E-state index in [2.05, 4.69) is 25.3 Å². The van der Waals surface area contributed by atoms with E-state index >= 15 is 0 Å². The second kappa shape index (κ2) is 8.61. The van der Waals surface area contributed by atoms with E-state index in [1.54, 1.807) is 6.20 Å². The van der Waals surface area contributed by atoms with Gasteiger partial charge in [0.1, 0.15) is 17.4 Å². The molecule has 9 nitrogen and oxygen atoms in total. The Morgan fingerprint density at radius 3 is 2.68 bits per heavy atom. The molecular formula is C24H21F4N7O2. The highest BCUT2D eigenvalue weighted by atomic mass is 19.4. The predicted molar refractivity (Wildman–Crippen MR) is 124 cm³/mol. The highest BCUT2D eigenvalue weighted by Gasteiger charge is 2.33. The van der Waals surface area contributed by atoms with Crippen LogP contribution in [0.4, 0.5) is 23.5 Å². The van der Waals surface area contributed by atoms with Crippen molar-refractivity contribution >= 4 is 16.9 Å². The number of hydrogen-bond donors (Lipinski definition) is 1. The first-order chi connectivity index (χ1) is 17.7. The van der Waals surface area contributed by atoms with Crippen LogP contribution in [0, 0.1) is 5.82 Å². The minimum atomic E-state index is -4.71. The van der Waals surface area contributed by atoms with E-state index in [9.17, 15) is 22.4 Å². The third kappa shape index (κ3) is 4.43. The molecule has 3 aromatic heterocycles. The van der Waals surface area contributed by atoms with Gasteiger partial charge in [-0.15, -0.1) is 0 Å². The number of alkyl halides is 3. The number of nitrogens with zero attached hydrogens (tertiary/aromatic N) is 6. The van der Waals surface area contributed by atoms with Crippen LogP contribution < -0.4 is 10.5 Å². The number of nitrogens with one attached hydrogen (secondary N) is 1. The lowest BCUT2D eigenvalue weighted by atomic mass is 10.0. The number of anilines is 1. The summed E-state index contributed by atoms with van der Waals surface area (Å²) in [4.78, 5) is 23.4. The topological polar surface area (TPSA) is 102 Å². The van der Waals surface area contributed by atoms with Gasteiger partial charge in [-0.1, -0.05) is 0 Å². The number of halogens is 4. The second-order valence-electron chi connectivity index (χ2n) is 9.35. The van der Waals surface area contributed by atoms with Crippen LogP contribution in [-0.4, -0.2) is 49.1 Å². The monoisotopic (exact) mass is 515 g/mol. The van der Waals surface area contributed by atoms with Crippen molar-refractivity contribution in [1.29, 1.82) is 0 Å². The zero-order valence-corrected chi connectivity index (χ0v) is 19.5. The molecule has 192 valence electrons. The summed E-state index contributed by atoms with van der Waals surface area (Å²) in [5.41, 5.74) is -1.13. The highest BCUT2D eigenvalue weighted by molar-refractivity contribution is 5.92. The van der Waals surface area contributed by atoms with Gasteiger partial charge < -0.3 is 9.64 Å². The zero-order chi connectivity index (χ0) is 25.9. The second-order valence-corrected chi connectivity index (χ2v) is 9.35. The molecule has 0 radical (unpaired) electrons. The van der Waals surface area contributed by atoms with Crippen molar-refractivity contribution in [2.75, 3.05) is 18.0 Å². The first-order valence-corrected chi connectivity index (χ1v) is 11.7. The van der Waals surface area contributed by atoms with Gasteiger partial charge in [0.2, 0.25) is 5.95 Å². The molecule has 1 saturated heterocycles. The summed E-state index contributed by atoms with van der Waals surface area (Å²) in [6, 6.07) is 2.60. The normalized spacial score (nSPS) is 20.5. The van der Waals surface area contributed by atoms with Crippen molar-refractivity contribution in [3.63, 3.8) is 0 Å². The van der Waals surface area contributed by atoms with Gasteiger partial charge in [0.05, 0.1) is 47.7 Å². The number of rotatable bonds is 4. The van der Waals surface area contributed by atoms with Crippen LogP contribution in [0.3, 0.4) is 0 Å². The van der Waals surface area contributed by atoms with Gasteiger partial charge in [-0.05, 0) is 38.0 Å². The van der Waals surface area contributed by atoms with Gasteiger partial charge in [-0.25, -0.2) is 19.5 Å². The molecule has 0 amide bonds. The molecule has 2 atom stereocenters. The molecule has 0 unspecified atom stereocenters. The minimum absolute atomic E-state index is 0.0259. The summed E-state index contributed by atoms with van der Waals surface area (Å²) in [6.45, 7) is 2.61. The standard InChI is InChI=1S/C24H21F4N7O2/c1-12-9-34(11-19(37-12)13-7-30-35(10-13)15-3-4-15)23-31-20(17-8-29-33-22(36)21(17)32-23)16-5-2-14(6-18(16)25)24(26,27)28/h2,5-8,10,12,15,19H,3-4,9,11H2,1H3,(H,33,36)/t12-,19-/m1/s1. The zero-order valence-electron chi connectivity index (χ0n) is 19.5. The molecule has 1 N–H and O–H groups in total. The van der Waals surface area contributed by atoms with E-state index in [4.69, 9.17) is 4.74 Å². The van der Waals surface area contributed by atoms with Crippen LogP contribution in [0.2, 0.25) is 0 Å². The molecule has 1 aromatic carbocycles. The molecule has 4 aromatic rings. The number of aromatic nitrogens is 6. The third-order valence-electron chi connectivity index (χ3n) is 6.52. The molecule has 1 aliphatic heterocycles. The van der Waals surface area contributed by atoms with Crippen molar-refractivity contribution in [3.8, 4) is 11.3 Å². The number of aromatic amines is 1. The first kappa shape index (κ1) is 23.5. The van der Waals surface area contributed by atoms with E-state index in [1.165, 1.54) is 6.20 Å². The van der Waals surface area contributed by atoms with Crippen LogP contribution in [0.5, 0.6) is 0 Å². The first-order valence-electron chi connectivity index (χ1n) is 11.7. The van der Waals surface area contributed by atoms with Gasteiger partial charge in [0.15, 0.2) is 0 Å². The fraction of sp³-hybridized carbons (Fsp3) is 0.375. The van der Waals surface area contributed by atoms with Crippen LogP contribution in [0.25, 0.3) is 22.2 Å². The molecular weight excluding hydrogens is 494 g/mol. The number of benzene rings is 1. The Hall–Kier alpha value is -3.87. The minimum Gasteiger partial charge on any atom is -0.367 e. The Kier molecular flexibility index (Phi) is 5.48. The molecule has 13 heteroatoms. The summed E-state index contributed by atoms with van der Waals surface area (Å²) in [5, 5.41) is 10.6. The van der Waals surface area contributed by atoms with Gasteiger partial charge in [-0.2, -0.15) is 23.4 Å². The quantitative estimate of drug-likeness (QED) is 0.410. The molecule has 0 spiro atoms. The Balaban J connectivity index is 1.42. The Morgan fingerprint density at radius 2 is 1.95 bits per heavy atom. The lowest BCUT2D eigenvalue weighted by Crippen LogP contribution is -2.43. The highest BCUT2D eigenvalue weighted by Crippen LogP contribution is 2.37. The summed E-state index contributed by atoms with van der Waals surface area (Å²) in [5.74, 6) is -0.991. The lowest BCUT2D eigenvalue weighted by molar-refractivity contribution is -0.137. The molecule has 2 aliphatic rings. The van der Waals surface area contributed by atoms with E-state index < -0.39 is 23.1 Å². The van der Waals surface area contributed by atoms with Gasteiger partial charge in [0.25, 0.3) is 5.56 Å².